The van der Waals surface area contributed by atoms with Crippen molar-refractivity contribution in [2.24, 2.45) is 5.92 Å². The normalized spacial score (nSPS) is 15.5. The van der Waals surface area contributed by atoms with Crippen LogP contribution in [0.3, 0.4) is 0 Å². The van der Waals surface area contributed by atoms with Crippen molar-refractivity contribution in [3.63, 3.8) is 0 Å². The molecule has 4 heteroatoms. The zero-order valence-corrected chi connectivity index (χ0v) is 14.3. The Labute approximate surface area is 149 Å². The number of nitrogens with zero attached hydrogens (tertiary/aromatic N) is 2. The molecule has 4 nitrogen and oxygen atoms in total. The quantitative estimate of drug-likeness (QED) is 0.856. The Bertz CT molecular complexity index is 743. The lowest BCUT2D eigenvalue weighted by Gasteiger charge is -2.31. The van der Waals surface area contributed by atoms with Gasteiger partial charge in [-0.2, -0.15) is 0 Å². The smallest absolute Gasteiger partial charge is 0.223 e. The number of aromatic nitrogens is 1. The molecule has 1 saturated heterocycles. The van der Waals surface area contributed by atoms with E-state index >= 15 is 0 Å². The zero-order chi connectivity index (χ0) is 17.5. The molecule has 0 aliphatic carbocycles. The zero-order valence-electron chi connectivity index (χ0n) is 14.3. The second kappa shape index (κ2) is 8.46. The van der Waals surface area contributed by atoms with E-state index in [0.717, 1.165) is 38.0 Å². The highest BCUT2D eigenvalue weighted by Gasteiger charge is 2.24. The molecule has 1 amide bonds. The number of benzene rings is 1. The Morgan fingerprint density at radius 1 is 1.24 bits per heavy atom. The molecule has 1 fully saturated rings. The van der Waals surface area contributed by atoms with Crippen LogP contribution in [-0.2, 0) is 11.3 Å². The second-order valence-corrected chi connectivity index (χ2v) is 6.37. The van der Waals surface area contributed by atoms with Crippen LogP contribution in [0.25, 0.3) is 11.1 Å². The average molecular weight is 333 g/mol. The van der Waals surface area contributed by atoms with Crippen LogP contribution in [0.2, 0.25) is 0 Å². The molecular formula is C21H23N3O. The Morgan fingerprint density at radius 3 is 2.76 bits per heavy atom. The van der Waals surface area contributed by atoms with Gasteiger partial charge in [0.25, 0.3) is 0 Å². The molecule has 1 aromatic carbocycles. The van der Waals surface area contributed by atoms with Gasteiger partial charge < -0.3 is 5.32 Å². The van der Waals surface area contributed by atoms with Gasteiger partial charge in [-0.1, -0.05) is 36.3 Å². The van der Waals surface area contributed by atoms with Crippen LogP contribution in [0.1, 0.15) is 18.4 Å². The van der Waals surface area contributed by atoms with E-state index in [4.69, 9.17) is 6.42 Å². The standard InChI is InChI=1S/C21H23N3O/c1-2-11-23-21(25)17-9-13-24(14-10-17)16-19-6-3-4-8-20(19)18-7-5-12-22-15-18/h1,3-8,12,15,17H,9-11,13-14,16H2,(H,23,25). The number of likely N-dealkylation sites (tertiary alicyclic amines) is 1. The van der Waals surface area contributed by atoms with Crippen LogP contribution < -0.4 is 5.32 Å². The third-order valence-electron chi connectivity index (χ3n) is 4.71. The van der Waals surface area contributed by atoms with Gasteiger partial charge in [0, 0.05) is 30.4 Å². The molecule has 2 aromatic rings. The van der Waals surface area contributed by atoms with Gasteiger partial charge in [0.2, 0.25) is 5.91 Å². The highest BCUT2D eigenvalue weighted by Crippen LogP contribution is 2.26. The minimum atomic E-state index is 0.0816. The second-order valence-electron chi connectivity index (χ2n) is 6.37. The van der Waals surface area contributed by atoms with Crippen molar-refractivity contribution in [3.05, 3.63) is 54.4 Å². The van der Waals surface area contributed by atoms with Gasteiger partial charge in [-0.25, -0.2) is 0 Å². The van der Waals surface area contributed by atoms with E-state index in [-0.39, 0.29) is 11.8 Å². The molecule has 3 rings (SSSR count). The van der Waals surface area contributed by atoms with Gasteiger partial charge in [-0.3, -0.25) is 14.7 Å². The van der Waals surface area contributed by atoms with Crippen LogP contribution in [0.15, 0.2) is 48.8 Å². The van der Waals surface area contributed by atoms with Crippen LogP contribution in [-0.4, -0.2) is 35.4 Å². The highest BCUT2D eigenvalue weighted by atomic mass is 16.1. The minimum absolute atomic E-state index is 0.0816. The number of terminal acetylenes is 1. The van der Waals surface area contributed by atoms with E-state index in [1.807, 2.05) is 12.3 Å². The summed E-state index contributed by atoms with van der Waals surface area (Å²) in [5, 5.41) is 2.80. The Kier molecular flexibility index (Phi) is 5.81. The van der Waals surface area contributed by atoms with Crippen molar-refractivity contribution >= 4 is 5.91 Å². The van der Waals surface area contributed by atoms with E-state index in [0.29, 0.717) is 6.54 Å². The number of nitrogens with one attached hydrogen (secondary N) is 1. The van der Waals surface area contributed by atoms with E-state index in [1.165, 1.54) is 11.1 Å². The summed E-state index contributed by atoms with van der Waals surface area (Å²) < 4.78 is 0. The third kappa shape index (κ3) is 4.46. The molecule has 0 saturated carbocycles. The largest absolute Gasteiger partial charge is 0.345 e. The van der Waals surface area contributed by atoms with Crippen LogP contribution in [0.4, 0.5) is 0 Å². The Morgan fingerprint density at radius 2 is 2.04 bits per heavy atom. The first kappa shape index (κ1) is 17.2. The minimum Gasteiger partial charge on any atom is -0.345 e. The summed E-state index contributed by atoms with van der Waals surface area (Å²) >= 11 is 0. The van der Waals surface area contributed by atoms with Gasteiger partial charge in [0.05, 0.1) is 6.54 Å². The van der Waals surface area contributed by atoms with Gasteiger partial charge in [-0.05, 0) is 43.1 Å². The Balaban J connectivity index is 1.62. The number of carbonyl (C=O) groups excluding carboxylic acids is 1. The van der Waals surface area contributed by atoms with Gasteiger partial charge in [-0.15, -0.1) is 6.42 Å². The van der Waals surface area contributed by atoms with E-state index in [2.05, 4.69) is 51.5 Å². The lowest BCUT2D eigenvalue weighted by atomic mass is 9.94. The molecular weight excluding hydrogens is 310 g/mol. The van der Waals surface area contributed by atoms with Crippen molar-refractivity contribution in [2.75, 3.05) is 19.6 Å². The Hall–Kier alpha value is -2.64. The number of amides is 1. The molecule has 0 bridgehead atoms. The van der Waals surface area contributed by atoms with Crippen molar-refractivity contribution in [1.82, 2.24) is 15.2 Å². The number of hydrogen-bond acceptors (Lipinski definition) is 3. The summed E-state index contributed by atoms with van der Waals surface area (Å²) in [6, 6.07) is 12.5. The number of piperidine rings is 1. The fourth-order valence-corrected chi connectivity index (χ4v) is 3.34. The van der Waals surface area contributed by atoms with Crippen molar-refractivity contribution in [3.8, 4) is 23.5 Å². The molecule has 2 heterocycles. The third-order valence-corrected chi connectivity index (χ3v) is 4.71. The average Bonchev–Trinajstić information content (AvgIpc) is 2.68. The first-order valence-corrected chi connectivity index (χ1v) is 8.70. The van der Waals surface area contributed by atoms with Crippen LogP contribution in [0.5, 0.6) is 0 Å². The summed E-state index contributed by atoms with van der Waals surface area (Å²) in [7, 11) is 0. The van der Waals surface area contributed by atoms with Crippen molar-refractivity contribution in [1.29, 1.82) is 0 Å². The maximum atomic E-state index is 12.0. The molecule has 0 atom stereocenters. The molecule has 1 aliphatic heterocycles. The molecule has 0 radical (unpaired) electrons. The van der Waals surface area contributed by atoms with Crippen molar-refractivity contribution < 1.29 is 4.79 Å². The lowest BCUT2D eigenvalue weighted by molar-refractivity contribution is -0.126. The van der Waals surface area contributed by atoms with E-state index in [1.54, 1.807) is 6.20 Å². The molecule has 0 unspecified atom stereocenters. The molecule has 1 aliphatic rings. The topological polar surface area (TPSA) is 45.2 Å². The highest BCUT2D eigenvalue weighted by molar-refractivity contribution is 5.79. The summed E-state index contributed by atoms with van der Waals surface area (Å²) in [6.07, 6.45) is 10.7. The summed E-state index contributed by atoms with van der Waals surface area (Å²) in [4.78, 5) is 18.7. The first-order chi connectivity index (χ1) is 12.3. The summed E-state index contributed by atoms with van der Waals surface area (Å²) in [6.45, 7) is 3.06. The summed E-state index contributed by atoms with van der Waals surface area (Å²) in [5.41, 5.74) is 3.66. The predicted octanol–water partition coefficient (Wildman–Crippen LogP) is 2.71. The number of rotatable bonds is 5. The molecule has 1 N–H and O–H groups in total. The summed E-state index contributed by atoms with van der Waals surface area (Å²) in [5.74, 6) is 2.63. The molecule has 128 valence electrons. The fourth-order valence-electron chi connectivity index (χ4n) is 3.34. The number of carbonyl (C=O) groups is 1. The maximum Gasteiger partial charge on any atom is 0.223 e. The molecule has 25 heavy (non-hydrogen) atoms. The fraction of sp³-hybridized carbons (Fsp3) is 0.333. The van der Waals surface area contributed by atoms with Crippen molar-refractivity contribution in [2.45, 2.75) is 19.4 Å². The number of hydrogen-bond donors (Lipinski definition) is 1. The predicted molar refractivity (Wildman–Crippen MR) is 99.5 cm³/mol. The van der Waals surface area contributed by atoms with Gasteiger partial charge in [0.1, 0.15) is 0 Å². The van der Waals surface area contributed by atoms with Crippen LogP contribution in [0, 0.1) is 18.3 Å². The van der Waals surface area contributed by atoms with Gasteiger partial charge in [0.15, 0.2) is 0 Å². The molecule has 1 aromatic heterocycles. The van der Waals surface area contributed by atoms with Crippen LogP contribution >= 0.6 is 0 Å². The number of pyridine rings is 1. The first-order valence-electron chi connectivity index (χ1n) is 8.70. The molecule has 0 spiro atoms. The monoisotopic (exact) mass is 333 g/mol. The SMILES string of the molecule is C#CCNC(=O)C1CCN(Cc2ccccc2-c2cccnc2)CC1. The van der Waals surface area contributed by atoms with E-state index in [9.17, 15) is 4.79 Å². The lowest BCUT2D eigenvalue weighted by Crippen LogP contribution is -2.40. The van der Waals surface area contributed by atoms with Gasteiger partial charge >= 0.3 is 0 Å². The maximum absolute atomic E-state index is 12.0. The van der Waals surface area contributed by atoms with E-state index < -0.39 is 0 Å².